The van der Waals surface area contributed by atoms with Gasteiger partial charge in [0.15, 0.2) is 0 Å². The Hall–Kier alpha value is -4.95. The number of halogens is 3. The summed E-state index contributed by atoms with van der Waals surface area (Å²) in [5.74, 6) is -2.59. The van der Waals surface area contributed by atoms with Crippen molar-refractivity contribution in [3.63, 3.8) is 0 Å². The Kier molecular flexibility index (Phi) is 12.0. The van der Waals surface area contributed by atoms with Crippen molar-refractivity contribution in [2.45, 2.75) is 57.4 Å². The van der Waals surface area contributed by atoms with Crippen LogP contribution in [0.3, 0.4) is 0 Å². The lowest BCUT2D eigenvalue weighted by Gasteiger charge is -2.13. The van der Waals surface area contributed by atoms with Crippen LogP contribution in [-0.4, -0.2) is 41.1 Å². The third-order valence-corrected chi connectivity index (χ3v) is 10.2. The van der Waals surface area contributed by atoms with Gasteiger partial charge in [-0.05, 0) is 76.8 Å². The van der Waals surface area contributed by atoms with Crippen LogP contribution in [0.1, 0.15) is 71.6 Å². The highest BCUT2D eigenvalue weighted by Gasteiger charge is 2.25. The van der Waals surface area contributed by atoms with Gasteiger partial charge in [0, 0.05) is 34.1 Å². The van der Waals surface area contributed by atoms with E-state index in [2.05, 4.69) is 26.3 Å². The smallest absolute Gasteiger partial charge is 0.351 e. The zero-order valence-corrected chi connectivity index (χ0v) is 30.4. The first-order valence-corrected chi connectivity index (χ1v) is 18.7. The van der Waals surface area contributed by atoms with Crippen LogP contribution in [0.2, 0.25) is 0 Å². The summed E-state index contributed by atoms with van der Waals surface area (Å²) in [4.78, 5) is 39.0. The number of aryl methyl sites for hydroxylation is 1. The SMILES string of the molecule is CCCCNC(=O)c1ccc(Br)c(-n2nc(CCCC)n(Cc3ccc(-c4ccccc4S(=O)(=O)NC(=O)c4ccccc4F)cc3F)c2=O)c1. The van der Waals surface area contributed by atoms with E-state index in [0.29, 0.717) is 34.5 Å². The Labute approximate surface area is 302 Å². The lowest BCUT2D eigenvalue weighted by atomic mass is 10.0. The van der Waals surface area contributed by atoms with Crippen molar-refractivity contribution >= 4 is 37.8 Å². The zero-order chi connectivity index (χ0) is 36.7. The second-order valence-electron chi connectivity index (χ2n) is 11.8. The van der Waals surface area contributed by atoms with E-state index in [-0.39, 0.29) is 34.0 Å². The molecular formula is C37H36BrF2N5O5S. The maximum Gasteiger partial charge on any atom is 0.351 e. The number of hydrogen-bond donors (Lipinski definition) is 2. The molecule has 0 bridgehead atoms. The van der Waals surface area contributed by atoms with E-state index in [4.69, 9.17) is 0 Å². The van der Waals surface area contributed by atoms with Crippen LogP contribution >= 0.6 is 15.9 Å². The molecule has 0 saturated carbocycles. The van der Waals surface area contributed by atoms with E-state index in [1.165, 1.54) is 51.7 Å². The fourth-order valence-electron chi connectivity index (χ4n) is 5.40. The Morgan fingerprint density at radius 3 is 2.31 bits per heavy atom. The highest BCUT2D eigenvalue weighted by Crippen LogP contribution is 2.29. The number of nitrogens with zero attached hydrogens (tertiary/aromatic N) is 3. The van der Waals surface area contributed by atoms with Crippen molar-refractivity contribution in [1.82, 2.24) is 24.4 Å². The molecule has 14 heteroatoms. The van der Waals surface area contributed by atoms with E-state index in [1.54, 1.807) is 24.3 Å². The van der Waals surface area contributed by atoms with Crippen LogP contribution in [-0.2, 0) is 23.0 Å². The summed E-state index contributed by atoms with van der Waals surface area (Å²) in [6, 6.07) is 19.7. The molecule has 1 heterocycles. The number of hydrogen-bond acceptors (Lipinski definition) is 6. The van der Waals surface area contributed by atoms with Gasteiger partial charge in [-0.1, -0.05) is 69.2 Å². The summed E-state index contributed by atoms with van der Waals surface area (Å²) in [7, 11) is -4.51. The minimum absolute atomic E-state index is 0.105. The number of aromatic nitrogens is 3. The minimum atomic E-state index is -4.51. The van der Waals surface area contributed by atoms with Crippen LogP contribution in [0.4, 0.5) is 8.78 Å². The molecule has 4 aromatic carbocycles. The molecule has 0 aliphatic heterocycles. The fraction of sp³-hybridized carbons (Fsp3) is 0.243. The molecular weight excluding hydrogens is 744 g/mol. The molecule has 0 spiro atoms. The quantitative estimate of drug-likeness (QED) is 0.120. The summed E-state index contributed by atoms with van der Waals surface area (Å²) in [6.45, 7) is 4.38. The molecule has 0 atom stereocenters. The fourth-order valence-corrected chi connectivity index (χ4v) is 7.01. The summed E-state index contributed by atoms with van der Waals surface area (Å²) >= 11 is 3.47. The third kappa shape index (κ3) is 8.51. The minimum Gasteiger partial charge on any atom is -0.352 e. The van der Waals surface area contributed by atoms with E-state index >= 15 is 4.39 Å². The van der Waals surface area contributed by atoms with E-state index < -0.39 is 38.8 Å². The van der Waals surface area contributed by atoms with Crippen LogP contribution in [0.15, 0.2) is 99.1 Å². The largest absolute Gasteiger partial charge is 0.352 e. The average molecular weight is 781 g/mol. The lowest BCUT2D eigenvalue weighted by molar-refractivity contribution is 0.0950. The number of sulfonamides is 1. The van der Waals surface area contributed by atoms with Gasteiger partial charge in [0.2, 0.25) is 0 Å². The Morgan fingerprint density at radius 1 is 0.863 bits per heavy atom. The number of benzene rings is 4. The molecule has 266 valence electrons. The molecule has 0 aliphatic carbocycles. The predicted octanol–water partition coefficient (Wildman–Crippen LogP) is 6.78. The Morgan fingerprint density at radius 2 is 1.59 bits per heavy atom. The van der Waals surface area contributed by atoms with Crippen LogP contribution in [0.25, 0.3) is 16.8 Å². The number of carbonyl (C=O) groups excluding carboxylic acids is 2. The first-order chi connectivity index (χ1) is 24.4. The number of rotatable bonds is 14. The molecule has 0 aliphatic rings. The van der Waals surface area contributed by atoms with Crippen molar-refractivity contribution in [3.8, 4) is 16.8 Å². The van der Waals surface area contributed by atoms with Gasteiger partial charge < -0.3 is 5.32 Å². The van der Waals surface area contributed by atoms with Crippen LogP contribution < -0.4 is 15.7 Å². The van der Waals surface area contributed by atoms with Gasteiger partial charge in [0.25, 0.3) is 21.8 Å². The van der Waals surface area contributed by atoms with E-state index in [9.17, 15) is 27.2 Å². The number of nitrogens with one attached hydrogen (secondary N) is 2. The maximum atomic E-state index is 15.8. The van der Waals surface area contributed by atoms with Gasteiger partial charge in [-0.15, -0.1) is 5.10 Å². The predicted molar refractivity (Wildman–Crippen MR) is 193 cm³/mol. The molecule has 0 fully saturated rings. The molecule has 2 amide bonds. The van der Waals surface area contributed by atoms with E-state index in [1.807, 2.05) is 18.6 Å². The number of unbranched alkanes of at least 4 members (excludes halogenated alkanes) is 2. The van der Waals surface area contributed by atoms with Crippen LogP contribution in [0.5, 0.6) is 0 Å². The highest BCUT2D eigenvalue weighted by atomic mass is 79.9. The molecule has 10 nitrogen and oxygen atoms in total. The summed E-state index contributed by atoms with van der Waals surface area (Å²) < 4.78 is 61.7. The maximum absolute atomic E-state index is 15.8. The Balaban J connectivity index is 1.46. The van der Waals surface area contributed by atoms with Crippen molar-refractivity contribution in [3.05, 3.63) is 134 Å². The first kappa shape index (κ1) is 37.3. The Bertz CT molecular complexity index is 2250. The molecule has 0 saturated heterocycles. The van der Waals surface area contributed by atoms with Crippen molar-refractivity contribution in [2.75, 3.05) is 6.54 Å². The molecule has 5 aromatic rings. The normalized spacial score (nSPS) is 11.4. The summed E-state index contributed by atoms with van der Waals surface area (Å²) in [5.41, 5.74) is 0.188. The van der Waals surface area contributed by atoms with Gasteiger partial charge in [0.1, 0.15) is 17.5 Å². The lowest BCUT2D eigenvalue weighted by Crippen LogP contribution is -2.31. The average Bonchev–Trinajstić information content (AvgIpc) is 3.42. The molecule has 0 radical (unpaired) electrons. The second-order valence-corrected chi connectivity index (χ2v) is 14.3. The summed E-state index contributed by atoms with van der Waals surface area (Å²) in [6.07, 6.45) is 3.74. The third-order valence-electron chi connectivity index (χ3n) is 8.16. The number of carbonyl (C=O) groups is 2. The summed E-state index contributed by atoms with van der Waals surface area (Å²) in [5, 5.41) is 7.46. The van der Waals surface area contributed by atoms with E-state index in [0.717, 1.165) is 43.9 Å². The molecule has 1 aromatic heterocycles. The number of amides is 2. The molecule has 5 rings (SSSR count). The second kappa shape index (κ2) is 16.4. The standard InChI is InChI=1S/C37H36BrF2N5O5S/c1-3-5-15-34-42-45(32-22-25(18-19-29(32)38)35(46)41-20-6-4-2)37(48)44(34)23-26-17-16-24(21-31(26)40)27-11-8-10-14-33(27)51(49,50)43-36(47)28-12-7-9-13-30(28)39/h7-14,16-19,21-22H,3-6,15,20,23H2,1-2H3,(H,41,46)(H,43,47). The molecule has 51 heavy (non-hydrogen) atoms. The van der Waals surface area contributed by atoms with Crippen molar-refractivity contribution in [1.29, 1.82) is 0 Å². The molecule has 0 unspecified atom stereocenters. The van der Waals surface area contributed by atoms with Gasteiger partial charge in [0.05, 0.1) is 22.7 Å². The topological polar surface area (TPSA) is 132 Å². The molecule has 2 N–H and O–H groups in total. The van der Waals surface area contributed by atoms with Gasteiger partial charge in [-0.2, -0.15) is 4.68 Å². The van der Waals surface area contributed by atoms with Gasteiger partial charge in [-0.3, -0.25) is 14.2 Å². The van der Waals surface area contributed by atoms with Gasteiger partial charge >= 0.3 is 5.69 Å². The van der Waals surface area contributed by atoms with Crippen molar-refractivity contribution < 1.29 is 26.8 Å². The highest BCUT2D eigenvalue weighted by molar-refractivity contribution is 9.10. The zero-order valence-electron chi connectivity index (χ0n) is 28.0. The van der Waals surface area contributed by atoms with Crippen LogP contribution in [0, 0.1) is 11.6 Å². The van der Waals surface area contributed by atoms with Gasteiger partial charge in [-0.25, -0.2) is 26.7 Å². The van der Waals surface area contributed by atoms with Crippen molar-refractivity contribution in [2.24, 2.45) is 0 Å². The first-order valence-electron chi connectivity index (χ1n) is 16.4. The monoisotopic (exact) mass is 779 g/mol.